The summed E-state index contributed by atoms with van der Waals surface area (Å²) in [6.45, 7) is 6.45. The molecular weight excluding hydrogens is 757 g/mol. The second kappa shape index (κ2) is 49.8. The van der Waals surface area contributed by atoms with Crippen LogP contribution in [0.15, 0.2) is 60.8 Å². The molecule has 0 aromatic carbocycles. The van der Waals surface area contributed by atoms with E-state index in [4.69, 9.17) is 14.2 Å². The molecule has 0 fully saturated rings. The number of rotatable bonds is 46. The summed E-state index contributed by atoms with van der Waals surface area (Å²) in [4.78, 5) is 37.9. The zero-order valence-corrected chi connectivity index (χ0v) is 40.2. The van der Waals surface area contributed by atoms with Crippen LogP contribution in [-0.4, -0.2) is 37.2 Å². The molecule has 0 bridgehead atoms. The molecule has 0 radical (unpaired) electrons. The minimum absolute atomic E-state index is 0.0889. The molecule has 0 aromatic rings. The molecule has 0 aliphatic rings. The van der Waals surface area contributed by atoms with Crippen LogP contribution in [0.3, 0.4) is 0 Å². The molecule has 61 heavy (non-hydrogen) atoms. The maximum Gasteiger partial charge on any atom is 0.306 e. The lowest BCUT2D eigenvalue weighted by molar-refractivity contribution is -0.167. The third-order valence-corrected chi connectivity index (χ3v) is 11.0. The summed E-state index contributed by atoms with van der Waals surface area (Å²) in [5.74, 6) is -0.937. The van der Waals surface area contributed by atoms with Crippen molar-refractivity contribution in [2.75, 3.05) is 13.2 Å². The van der Waals surface area contributed by atoms with Crippen LogP contribution in [0.5, 0.6) is 0 Å². The van der Waals surface area contributed by atoms with Crippen LogP contribution in [0.25, 0.3) is 0 Å². The van der Waals surface area contributed by atoms with Crippen molar-refractivity contribution >= 4 is 17.9 Å². The van der Waals surface area contributed by atoms with E-state index in [0.717, 1.165) is 96.3 Å². The Morgan fingerprint density at radius 3 is 1.10 bits per heavy atom. The Bertz CT molecular complexity index is 1120. The first-order chi connectivity index (χ1) is 30.0. The number of carbonyl (C=O) groups excluding carboxylic acids is 3. The summed E-state index contributed by atoms with van der Waals surface area (Å²) < 4.78 is 16.7. The highest BCUT2D eigenvalue weighted by Gasteiger charge is 2.19. The Hall–Kier alpha value is -2.89. The zero-order valence-electron chi connectivity index (χ0n) is 40.2. The predicted molar refractivity (Wildman–Crippen MR) is 261 cm³/mol. The fraction of sp³-hybridized carbons (Fsp3) is 0.764. The molecule has 0 aliphatic heterocycles. The zero-order chi connectivity index (χ0) is 44.4. The SMILES string of the molecule is CC/C=C\C/C=C\C/C=C\C/C=C\CCCCC(=O)OC[C@H](COC(=O)CCCCCCCCCCCCCCCCCCC)OC(=O)CCCCCCC/C=C\CCCC. The first-order valence-corrected chi connectivity index (χ1v) is 25.8. The van der Waals surface area contributed by atoms with Crippen LogP contribution in [0, 0.1) is 0 Å². The molecule has 0 spiro atoms. The second-order valence-corrected chi connectivity index (χ2v) is 17.1. The lowest BCUT2D eigenvalue weighted by Crippen LogP contribution is -2.30. The van der Waals surface area contributed by atoms with E-state index < -0.39 is 6.10 Å². The molecule has 6 heteroatoms. The summed E-state index contributed by atoms with van der Waals surface area (Å²) >= 11 is 0. The van der Waals surface area contributed by atoms with Gasteiger partial charge in [0.15, 0.2) is 6.10 Å². The van der Waals surface area contributed by atoms with Crippen LogP contribution in [-0.2, 0) is 28.6 Å². The van der Waals surface area contributed by atoms with E-state index in [2.05, 4.69) is 81.5 Å². The molecule has 352 valence electrons. The smallest absolute Gasteiger partial charge is 0.306 e. The maximum absolute atomic E-state index is 12.7. The Labute approximate surface area is 377 Å². The molecule has 0 saturated carbocycles. The maximum atomic E-state index is 12.7. The van der Waals surface area contributed by atoms with Crippen molar-refractivity contribution in [2.24, 2.45) is 0 Å². The summed E-state index contributed by atoms with van der Waals surface area (Å²) in [6.07, 6.45) is 60.7. The van der Waals surface area contributed by atoms with E-state index in [-0.39, 0.29) is 31.1 Å². The van der Waals surface area contributed by atoms with E-state index in [1.165, 1.54) is 116 Å². The van der Waals surface area contributed by atoms with Gasteiger partial charge in [-0.05, 0) is 77.0 Å². The third-order valence-electron chi connectivity index (χ3n) is 11.0. The lowest BCUT2D eigenvalue weighted by atomic mass is 10.0. The van der Waals surface area contributed by atoms with Gasteiger partial charge in [-0.1, -0.05) is 216 Å². The Morgan fingerprint density at radius 1 is 0.344 bits per heavy atom. The topological polar surface area (TPSA) is 78.9 Å². The van der Waals surface area contributed by atoms with Gasteiger partial charge in [0.1, 0.15) is 13.2 Å². The monoisotopic (exact) mass is 853 g/mol. The van der Waals surface area contributed by atoms with Crippen molar-refractivity contribution in [3.63, 3.8) is 0 Å². The van der Waals surface area contributed by atoms with Gasteiger partial charge in [-0.2, -0.15) is 0 Å². The van der Waals surface area contributed by atoms with E-state index in [0.29, 0.717) is 19.3 Å². The van der Waals surface area contributed by atoms with Gasteiger partial charge < -0.3 is 14.2 Å². The number of unbranched alkanes of at least 4 members (excludes halogenated alkanes) is 25. The number of hydrogen-bond donors (Lipinski definition) is 0. The molecular formula is C55H96O6. The first kappa shape index (κ1) is 58.1. The normalized spacial score (nSPS) is 12.5. The average Bonchev–Trinajstić information content (AvgIpc) is 3.26. The van der Waals surface area contributed by atoms with Gasteiger partial charge in [0.05, 0.1) is 0 Å². The summed E-state index contributed by atoms with van der Waals surface area (Å²) in [7, 11) is 0. The van der Waals surface area contributed by atoms with Crippen molar-refractivity contribution in [3.8, 4) is 0 Å². The van der Waals surface area contributed by atoms with Crippen molar-refractivity contribution in [2.45, 2.75) is 258 Å². The van der Waals surface area contributed by atoms with Crippen molar-refractivity contribution < 1.29 is 28.6 Å². The second-order valence-electron chi connectivity index (χ2n) is 17.1. The fourth-order valence-corrected chi connectivity index (χ4v) is 7.12. The van der Waals surface area contributed by atoms with Gasteiger partial charge in [0.25, 0.3) is 0 Å². The van der Waals surface area contributed by atoms with Crippen LogP contribution in [0.1, 0.15) is 252 Å². The Morgan fingerprint density at radius 2 is 0.656 bits per heavy atom. The molecule has 0 saturated heterocycles. The van der Waals surface area contributed by atoms with Gasteiger partial charge >= 0.3 is 17.9 Å². The van der Waals surface area contributed by atoms with Gasteiger partial charge in [-0.25, -0.2) is 0 Å². The van der Waals surface area contributed by atoms with E-state index >= 15 is 0 Å². The number of hydrogen-bond acceptors (Lipinski definition) is 6. The van der Waals surface area contributed by atoms with E-state index in [9.17, 15) is 14.4 Å². The van der Waals surface area contributed by atoms with Gasteiger partial charge in [0.2, 0.25) is 0 Å². The predicted octanol–water partition coefficient (Wildman–Crippen LogP) is 16.9. The minimum atomic E-state index is -0.792. The highest BCUT2D eigenvalue weighted by Crippen LogP contribution is 2.15. The van der Waals surface area contributed by atoms with Gasteiger partial charge in [-0.15, -0.1) is 0 Å². The summed E-state index contributed by atoms with van der Waals surface area (Å²) in [5, 5.41) is 0. The summed E-state index contributed by atoms with van der Waals surface area (Å²) in [5.41, 5.74) is 0. The number of ether oxygens (including phenoxy) is 3. The largest absolute Gasteiger partial charge is 0.462 e. The van der Waals surface area contributed by atoms with Crippen molar-refractivity contribution in [1.82, 2.24) is 0 Å². The first-order valence-electron chi connectivity index (χ1n) is 25.8. The summed E-state index contributed by atoms with van der Waals surface area (Å²) in [6, 6.07) is 0. The third kappa shape index (κ3) is 48.0. The fourth-order valence-electron chi connectivity index (χ4n) is 7.12. The van der Waals surface area contributed by atoms with E-state index in [1.807, 2.05) is 0 Å². The standard InChI is InChI=1S/C55H96O6/c1-4-7-10-13-16-19-22-24-26-27-29-31-34-36-39-42-45-48-54(57)60-51-52(61-55(58)49-46-43-40-37-32-21-18-15-12-9-6-3)50-59-53(56)47-44-41-38-35-33-30-28-25-23-20-17-14-11-8-5-2/h8,11,15,17-18,20,25,28,33,35,52H,4-7,9-10,12-14,16,19,21-24,26-27,29-32,34,36-51H2,1-3H3/b11-8-,18-15-,20-17-,28-25-,35-33-/t52-/m1/s1. The molecule has 0 aromatic heterocycles. The Balaban J connectivity index is 4.38. The number of esters is 3. The number of carbonyl (C=O) groups is 3. The van der Waals surface area contributed by atoms with Crippen LogP contribution >= 0.6 is 0 Å². The van der Waals surface area contributed by atoms with Crippen molar-refractivity contribution in [3.05, 3.63) is 60.8 Å². The molecule has 0 heterocycles. The highest BCUT2D eigenvalue weighted by molar-refractivity contribution is 5.71. The molecule has 0 amide bonds. The quantitative estimate of drug-likeness (QED) is 0.0263. The van der Waals surface area contributed by atoms with E-state index in [1.54, 1.807) is 0 Å². The van der Waals surface area contributed by atoms with Crippen LogP contribution < -0.4 is 0 Å². The average molecular weight is 853 g/mol. The Kier molecular flexibility index (Phi) is 47.4. The van der Waals surface area contributed by atoms with Crippen LogP contribution in [0.2, 0.25) is 0 Å². The van der Waals surface area contributed by atoms with Crippen molar-refractivity contribution in [1.29, 1.82) is 0 Å². The molecule has 0 unspecified atom stereocenters. The molecule has 1 atom stereocenters. The van der Waals surface area contributed by atoms with Gasteiger partial charge in [0, 0.05) is 19.3 Å². The van der Waals surface area contributed by atoms with Crippen LogP contribution in [0.4, 0.5) is 0 Å². The lowest BCUT2D eigenvalue weighted by Gasteiger charge is -2.18. The highest BCUT2D eigenvalue weighted by atomic mass is 16.6. The van der Waals surface area contributed by atoms with Gasteiger partial charge in [-0.3, -0.25) is 14.4 Å². The molecule has 0 N–H and O–H groups in total. The molecule has 6 nitrogen and oxygen atoms in total. The molecule has 0 rings (SSSR count). The molecule has 0 aliphatic carbocycles. The number of allylic oxidation sites excluding steroid dienone is 10. The minimum Gasteiger partial charge on any atom is -0.462 e.